The minimum atomic E-state index is -3.07. The summed E-state index contributed by atoms with van der Waals surface area (Å²) in [6, 6.07) is 7.82. The molecule has 114 valence electrons. The van der Waals surface area contributed by atoms with E-state index in [1.807, 2.05) is 31.2 Å². The minimum absolute atomic E-state index is 0.0785. The Morgan fingerprint density at radius 1 is 1.20 bits per heavy atom. The molecule has 4 heteroatoms. The van der Waals surface area contributed by atoms with Gasteiger partial charge in [0, 0.05) is 6.04 Å². The van der Waals surface area contributed by atoms with E-state index >= 15 is 0 Å². The third-order valence-corrected chi connectivity index (χ3v) is 4.93. The van der Waals surface area contributed by atoms with Crippen LogP contribution in [0.2, 0.25) is 0 Å². The van der Waals surface area contributed by atoms with Gasteiger partial charge in [-0.25, -0.2) is 8.42 Å². The van der Waals surface area contributed by atoms with Crippen molar-refractivity contribution >= 4 is 9.84 Å². The summed E-state index contributed by atoms with van der Waals surface area (Å²) in [6.45, 7) is 7.05. The molecule has 1 rings (SSSR count). The molecule has 0 spiro atoms. The third-order valence-electron chi connectivity index (χ3n) is 3.24. The molecule has 1 aromatic carbocycles. The predicted octanol–water partition coefficient (Wildman–Crippen LogP) is 3.08. The third kappa shape index (κ3) is 6.53. The van der Waals surface area contributed by atoms with E-state index in [2.05, 4.69) is 19.2 Å². The fourth-order valence-electron chi connectivity index (χ4n) is 2.36. The highest BCUT2D eigenvalue weighted by atomic mass is 32.2. The highest BCUT2D eigenvalue weighted by molar-refractivity contribution is 7.90. The van der Waals surface area contributed by atoms with Crippen molar-refractivity contribution in [1.29, 1.82) is 0 Å². The number of nitrogens with one attached hydrogen (secondary N) is 1. The van der Waals surface area contributed by atoms with Crippen LogP contribution < -0.4 is 5.32 Å². The Bertz CT molecular complexity index is 497. The molecule has 0 radical (unpaired) electrons. The molecule has 0 saturated heterocycles. The normalized spacial score (nSPS) is 13.3. The zero-order valence-electron chi connectivity index (χ0n) is 12.9. The molecule has 1 N–H and O–H groups in total. The Hall–Kier alpha value is -0.870. The maximum atomic E-state index is 12.3. The monoisotopic (exact) mass is 297 g/mol. The van der Waals surface area contributed by atoms with Crippen LogP contribution in [0.15, 0.2) is 24.3 Å². The fourth-order valence-corrected chi connectivity index (χ4v) is 4.07. The van der Waals surface area contributed by atoms with Crippen molar-refractivity contribution in [3.05, 3.63) is 35.4 Å². The molecule has 0 aliphatic heterocycles. The zero-order chi connectivity index (χ0) is 15.0. The van der Waals surface area contributed by atoms with E-state index < -0.39 is 9.84 Å². The quantitative estimate of drug-likeness (QED) is 0.762. The first kappa shape index (κ1) is 17.2. The molecule has 0 saturated carbocycles. The average molecular weight is 297 g/mol. The predicted molar refractivity (Wildman–Crippen MR) is 85.7 cm³/mol. The average Bonchev–Trinajstić information content (AvgIpc) is 2.35. The molecule has 0 heterocycles. The van der Waals surface area contributed by atoms with Gasteiger partial charge in [0.15, 0.2) is 9.84 Å². The summed E-state index contributed by atoms with van der Waals surface area (Å²) < 4.78 is 24.6. The van der Waals surface area contributed by atoms with Gasteiger partial charge in [0.1, 0.15) is 0 Å². The molecule has 0 aromatic heterocycles. The van der Waals surface area contributed by atoms with Crippen molar-refractivity contribution in [2.75, 3.05) is 12.3 Å². The number of hydrogen-bond donors (Lipinski definition) is 1. The largest absolute Gasteiger partial charge is 0.313 e. The van der Waals surface area contributed by atoms with Gasteiger partial charge in [-0.2, -0.15) is 0 Å². The molecule has 20 heavy (non-hydrogen) atoms. The molecule has 1 aromatic rings. The first-order valence-corrected chi connectivity index (χ1v) is 9.28. The Morgan fingerprint density at radius 2 is 1.95 bits per heavy atom. The summed E-state index contributed by atoms with van der Waals surface area (Å²) in [7, 11) is -3.07. The van der Waals surface area contributed by atoms with Gasteiger partial charge in [0.05, 0.1) is 11.5 Å². The first-order chi connectivity index (χ1) is 9.46. The Labute approximate surface area is 123 Å². The number of benzene rings is 1. The first-order valence-electron chi connectivity index (χ1n) is 7.46. The summed E-state index contributed by atoms with van der Waals surface area (Å²) in [5, 5.41) is 3.34. The van der Waals surface area contributed by atoms with E-state index in [9.17, 15) is 8.42 Å². The topological polar surface area (TPSA) is 46.2 Å². The van der Waals surface area contributed by atoms with Crippen LogP contribution in [-0.2, 0) is 15.6 Å². The van der Waals surface area contributed by atoms with Crippen LogP contribution in [0, 0.1) is 6.92 Å². The van der Waals surface area contributed by atoms with Gasteiger partial charge in [0.2, 0.25) is 0 Å². The highest BCUT2D eigenvalue weighted by Crippen LogP contribution is 2.11. The van der Waals surface area contributed by atoms with Crippen LogP contribution in [0.25, 0.3) is 0 Å². The van der Waals surface area contributed by atoms with Crippen LogP contribution in [0.1, 0.15) is 44.2 Å². The Kier molecular flexibility index (Phi) is 7.24. The van der Waals surface area contributed by atoms with Crippen LogP contribution >= 0.6 is 0 Å². The molecular weight excluding hydrogens is 270 g/mol. The van der Waals surface area contributed by atoms with Crippen LogP contribution in [0.4, 0.5) is 0 Å². The molecule has 0 aliphatic carbocycles. The van der Waals surface area contributed by atoms with Crippen LogP contribution in [0.3, 0.4) is 0 Å². The molecule has 1 atom stereocenters. The van der Waals surface area contributed by atoms with Gasteiger partial charge in [0.25, 0.3) is 0 Å². The lowest BCUT2D eigenvalue weighted by atomic mass is 10.2. The molecular formula is C16H27NO2S. The number of hydrogen-bond acceptors (Lipinski definition) is 3. The lowest BCUT2D eigenvalue weighted by Crippen LogP contribution is -2.36. The number of rotatable bonds is 9. The van der Waals surface area contributed by atoms with E-state index in [0.29, 0.717) is 0 Å². The van der Waals surface area contributed by atoms with E-state index in [1.165, 1.54) is 0 Å². The minimum Gasteiger partial charge on any atom is -0.313 e. The van der Waals surface area contributed by atoms with Gasteiger partial charge in [-0.3, -0.25) is 0 Å². The van der Waals surface area contributed by atoms with Crippen molar-refractivity contribution in [3.8, 4) is 0 Å². The van der Waals surface area contributed by atoms with E-state index in [-0.39, 0.29) is 17.5 Å². The standard InChI is InChI=1S/C16H27NO2S/c1-4-7-16(17-10-5-2)13-20(18,19)12-15-9-6-8-14(3)11-15/h6,8-9,11,16-17H,4-5,7,10,12-13H2,1-3H3. The van der Waals surface area contributed by atoms with Gasteiger partial charge in [-0.1, -0.05) is 50.1 Å². The maximum absolute atomic E-state index is 12.3. The Morgan fingerprint density at radius 3 is 2.55 bits per heavy atom. The second kappa shape index (κ2) is 8.42. The van der Waals surface area contributed by atoms with Crippen molar-refractivity contribution in [2.45, 2.75) is 51.8 Å². The highest BCUT2D eigenvalue weighted by Gasteiger charge is 2.18. The van der Waals surface area contributed by atoms with Crippen LogP contribution in [-0.4, -0.2) is 26.8 Å². The van der Waals surface area contributed by atoms with Crippen molar-refractivity contribution < 1.29 is 8.42 Å². The van der Waals surface area contributed by atoms with Crippen molar-refractivity contribution in [3.63, 3.8) is 0 Å². The molecule has 1 unspecified atom stereocenters. The number of aryl methyl sites for hydroxylation is 1. The van der Waals surface area contributed by atoms with Gasteiger partial charge >= 0.3 is 0 Å². The summed E-state index contributed by atoms with van der Waals surface area (Å²) in [6.07, 6.45) is 2.94. The smallest absolute Gasteiger partial charge is 0.155 e. The molecule has 3 nitrogen and oxygen atoms in total. The summed E-state index contributed by atoms with van der Waals surface area (Å²) in [4.78, 5) is 0. The van der Waals surface area contributed by atoms with Gasteiger partial charge in [-0.15, -0.1) is 0 Å². The number of sulfone groups is 1. The van der Waals surface area contributed by atoms with E-state index in [1.54, 1.807) is 0 Å². The lowest BCUT2D eigenvalue weighted by Gasteiger charge is -2.18. The maximum Gasteiger partial charge on any atom is 0.155 e. The zero-order valence-corrected chi connectivity index (χ0v) is 13.7. The van der Waals surface area contributed by atoms with Gasteiger partial charge < -0.3 is 5.32 Å². The van der Waals surface area contributed by atoms with Crippen LogP contribution in [0.5, 0.6) is 0 Å². The van der Waals surface area contributed by atoms with Crippen molar-refractivity contribution in [1.82, 2.24) is 5.32 Å². The summed E-state index contributed by atoms with van der Waals surface area (Å²) in [5.41, 5.74) is 1.99. The molecule has 0 bridgehead atoms. The van der Waals surface area contributed by atoms with E-state index in [0.717, 1.165) is 36.9 Å². The molecule has 0 amide bonds. The second-order valence-electron chi connectivity index (χ2n) is 5.48. The fraction of sp³-hybridized carbons (Fsp3) is 0.625. The Balaban J connectivity index is 2.66. The summed E-state index contributed by atoms with van der Waals surface area (Å²) in [5.74, 6) is 0.373. The second-order valence-corrected chi connectivity index (χ2v) is 7.59. The lowest BCUT2D eigenvalue weighted by molar-refractivity contribution is 0.499. The van der Waals surface area contributed by atoms with E-state index in [4.69, 9.17) is 0 Å². The summed E-state index contributed by atoms with van der Waals surface area (Å²) >= 11 is 0. The van der Waals surface area contributed by atoms with Crippen molar-refractivity contribution in [2.24, 2.45) is 0 Å². The SMILES string of the molecule is CCCNC(CCC)CS(=O)(=O)Cc1cccc(C)c1. The molecule has 0 fully saturated rings. The molecule has 0 aliphatic rings. The van der Waals surface area contributed by atoms with Gasteiger partial charge in [-0.05, 0) is 31.9 Å².